The summed E-state index contributed by atoms with van der Waals surface area (Å²) in [7, 11) is 0. The molecule has 1 fully saturated rings. The van der Waals surface area contributed by atoms with Gasteiger partial charge in [0.25, 0.3) is 0 Å². The lowest BCUT2D eigenvalue weighted by molar-refractivity contribution is -0.123. The minimum absolute atomic E-state index is 0.121. The van der Waals surface area contributed by atoms with E-state index in [0.29, 0.717) is 11.7 Å². The quantitative estimate of drug-likeness (QED) is 0.669. The zero-order valence-corrected chi connectivity index (χ0v) is 7.91. The number of hydrogen-bond acceptors (Lipinski definition) is 2. The first-order chi connectivity index (χ1) is 6.25. The van der Waals surface area contributed by atoms with Crippen LogP contribution in [-0.2, 0) is 4.79 Å². The van der Waals surface area contributed by atoms with Gasteiger partial charge in [-0.05, 0) is 12.3 Å². The first-order valence-electron chi connectivity index (χ1n) is 5.22. The van der Waals surface area contributed by atoms with E-state index >= 15 is 0 Å². The maximum absolute atomic E-state index is 11.7. The van der Waals surface area contributed by atoms with Gasteiger partial charge in [0.2, 0.25) is 0 Å². The Bertz CT molecular complexity index is 230. The molecule has 0 saturated heterocycles. The van der Waals surface area contributed by atoms with Crippen LogP contribution in [0.2, 0.25) is 0 Å². The Balaban J connectivity index is 1.80. The van der Waals surface area contributed by atoms with Crippen molar-refractivity contribution < 1.29 is 4.79 Å². The molecular formula is C11H17NO. The van der Waals surface area contributed by atoms with Gasteiger partial charge in [0.1, 0.15) is 5.78 Å². The highest BCUT2D eigenvalue weighted by Gasteiger charge is 2.27. The van der Waals surface area contributed by atoms with Crippen molar-refractivity contribution in [3.8, 4) is 0 Å². The fourth-order valence-electron chi connectivity index (χ4n) is 2.10. The monoisotopic (exact) mass is 179 g/mol. The summed E-state index contributed by atoms with van der Waals surface area (Å²) < 4.78 is 0. The van der Waals surface area contributed by atoms with E-state index in [-0.39, 0.29) is 12.0 Å². The van der Waals surface area contributed by atoms with Crippen molar-refractivity contribution in [3.05, 3.63) is 12.2 Å². The molecule has 0 radical (unpaired) electrons. The molecule has 0 spiro atoms. The van der Waals surface area contributed by atoms with Crippen molar-refractivity contribution in [1.82, 2.24) is 0 Å². The molecule has 2 aliphatic rings. The molecular weight excluding hydrogens is 162 g/mol. The first-order valence-corrected chi connectivity index (χ1v) is 5.22. The van der Waals surface area contributed by atoms with Gasteiger partial charge in [-0.1, -0.05) is 31.4 Å². The molecule has 1 saturated carbocycles. The maximum atomic E-state index is 11.7. The molecule has 2 aliphatic carbocycles. The lowest BCUT2D eigenvalue weighted by atomic mass is 9.80. The number of ketones is 1. The fraction of sp³-hybridized carbons (Fsp3) is 0.727. The fourth-order valence-corrected chi connectivity index (χ4v) is 2.10. The minimum Gasteiger partial charge on any atom is -0.324 e. The smallest absolute Gasteiger partial charge is 0.140 e. The number of rotatable bonds is 3. The topological polar surface area (TPSA) is 43.1 Å². The average Bonchev–Trinajstić information content (AvgIpc) is 2.44. The third-order valence-electron chi connectivity index (χ3n) is 3.24. The van der Waals surface area contributed by atoms with Crippen molar-refractivity contribution in [3.63, 3.8) is 0 Å². The summed E-state index contributed by atoms with van der Waals surface area (Å²) >= 11 is 0. The Kier molecular flexibility index (Phi) is 2.49. The normalized spacial score (nSPS) is 33.3. The van der Waals surface area contributed by atoms with E-state index in [2.05, 4.69) is 0 Å². The Hall–Kier alpha value is -0.630. The van der Waals surface area contributed by atoms with E-state index in [9.17, 15) is 4.79 Å². The summed E-state index contributed by atoms with van der Waals surface area (Å²) in [6.45, 7) is 0. The third-order valence-corrected chi connectivity index (χ3v) is 3.24. The molecule has 2 rings (SSSR count). The van der Waals surface area contributed by atoms with Crippen molar-refractivity contribution in [2.45, 2.75) is 38.1 Å². The molecule has 2 nitrogen and oxygen atoms in total. The van der Waals surface area contributed by atoms with E-state index in [1.54, 1.807) is 0 Å². The Morgan fingerprint density at radius 1 is 1.38 bits per heavy atom. The van der Waals surface area contributed by atoms with Crippen LogP contribution in [0, 0.1) is 11.8 Å². The second kappa shape index (κ2) is 3.62. The number of nitrogens with two attached hydrogens (primary N) is 1. The van der Waals surface area contributed by atoms with E-state index in [4.69, 9.17) is 5.73 Å². The van der Waals surface area contributed by atoms with Crippen LogP contribution in [-0.4, -0.2) is 11.8 Å². The van der Waals surface area contributed by atoms with Crippen LogP contribution in [0.3, 0.4) is 0 Å². The molecule has 0 heterocycles. The molecule has 13 heavy (non-hydrogen) atoms. The summed E-state index contributed by atoms with van der Waals surface area (Å²) in [6.07, 6.45) is 9.42. The van der Waals surface area contributed by atoms with E-state index in [1.807, 2.05) is 12.2 Å². The standard InChI is InChI=1S/C11H17NO/c12-10-5-4-9(7-10)11(13)6-8-2-1-3-8/h4-5,8-10H,1-3,6-7,12H2. The number of hydrogen-bond donors (Lipinski definition) is 1. The summed E-state index contributed by atoms with van der Waals surface area (Å²) in [4.78, 5) is 11.7. The van der Waals surface area contributed by atoms with Crippen LogP contribution in [0.15, 0.2) is 12.2 Å². The second-order valence-electron chi connectivity index (χ2n) is 4.36. The van der Waals surface area contributed by atoms with Gasteiger partial charge in [-0.15, -0.1) is 0 Å². The maximum Gasteiger partial charge on any atom is 0.140 e. The second-order valence-corrected chi connectivity index (χ2v) is 4.36. The molecule has 0 bridgehead atoms. The summed E-state index contributed by atoms with van der Waals surface area (Å²) in [5.41, 5.74) is 5.70. The van der Waals surface area contributed by atoms with Gasteiger partial charge in [0.15, 0.2) is 0 Å². The van der Waals surface area contributed by atoms with Gasteiger partial charge in [0.05, 0.1) is 0 Å². The van der Waals surface area contributed by atoms with Crippen LogP contribution in [0.25, 0.3) is 0 Å². The molecule has 0 aromatic heterocycles. The average molecular weight is 179 g/mol. The first kappa shape index (κ1) is 8.95. The predicted molar refractivity (Wildman–Crippen MR) is 52.2 cm³/mol. The van der Waals surface area contributed by atoms with E-state index in [0.717, 1.165) is 12.8 Å². The van der Waals surface area contributed by atoms with Crippen LogP contribution in [0.5, 0.6) is 0 Å². The van der Waals surface area contributed by atoms with Gasteiger partial charge in [-0.25, -0.2) is 0 Å². The Morgan fingerprint density at radius 3 is 2.62 bits per heavy atom. The molecule has 2 N–H and O–H groups in total. The van der Waals surface area contributed by atoms with Crippen LogP contribution in [0.4, 0.5) is 0 Å². The minimum atomic E-state index is 0.121. The van der Waals surface area contributed by atoms with Gasteiger partial charge in [0, 0.05) is 18.4 Å². The predicted octanol–water partition coefficient (Wildman–Crippen LogP) is 1.65. The van der Waals surface area contributed by atoms with Crippen molar-refractivity contribution in [1.29, 1.82) is 0 Å². The third kappa shape index (κ3) is 1.99. The SMILES string of the molecule is NC1C=CC(C(=O)CC2CCC2)C1. The van der Waals surface area contributed by atoms with E-state index in [1.165, 1.54) is 19.3 Å². The highest BCUT2D eigenvalue weighted by atomic mass is 16.1. The molecule has 72 valence electrons. The number of carbonyl (C=O) groups is 1. The van der Waals surface area contributed by atoms with Crippen LogP contribution >= 0.6 is 0 Å². The van der Waals surface area contributed by atoms with Gasteiger partial charge < -0.3 is 5.73 Å². The number of Topliss-reactive ketones (excluding diaryl/α,β-unsaturated/α-hetero) is 1. The zero-order chi connectivity index (χ0) is 9.26. The van der Waals surface area contributed by atoms with Crippen molar-refractivity contribution in [2.75, 3.05) is 0 Å². The highest BCUT2D eigenvalue weighted by Crippen LogP contribution is 2.31. The van der Waals surface area contributed by atoms with Crippen molar-refractivity contribution >= 4 is 5.78 Å². The van der Waals surface area contributed by atoms with Gasteiger partial charge in [-0.2, -0.15) is 0 Å². The lowest BCUT2D eigenvalue weighted by Crippen LogP contribution is -2.22. The molecule has 0 aliphatic heterocycles. The molecule has 0 aromatic rings. The van der Waals surface area contributed by atoms with Crippen LogP contribution < -0.4 is 5.73 Å². The van der Waals surface area contributed by atoms with Gasteiger partial charge >= 0.3 is 0 Å². The molecule has 2 heteroatoms. The number of allylic oxidation sites excluding steroid dienone is 1. The molecule has 2 atom stereocenters. The van der Waals surface area contributed by atoms with Crippen LogP contribution in [0.1, 0.15) is 32.1 Å². The molecule has 2 unspecified atom stereocenters. The number of carbonyl (C=O) groups excluding carboxylic acids is 1. The van der Waals surface area contributed by atoms with E-state index < -0.39 is 0 Å². The zero-order valence-electron chi connectivity index (χ0n) is 7.91. The Morgan fingerprint density at radius 2 is 2.15 bits per heavy atom. The Labute approximate surface area is 79.2 Å². The molecule has 0 aromatic carbocycles. The highest BCUT2D eigenvalue weighted by molar-refractivity contribution is 5.83. The summed E-state index contributed by atoms with van der Waals surface area (Å²) in [5.74, 6) is 1.24. The summed E-state index contributed by atoms with van der Waals surface area (Å²) in [6, 6.07) is 0.121. The van der Waals surface area contributed by atoms with Gasteiger partial charge in [-0.3, -0.25) is 4.79 Å². The summed E-state index contributed by atoms with van der Waals surface area (Å²) in [5, 5.41) is 0. The van der Waals surface area contributed by atoms with Crippen molar-refractivity contribution in [2.24, 2.45) is 17.6 Å². The lowest BCUT2D eigenvalue weighted by Gasteiger charge is -2.25. The largest absolute Gasteiger partial charge is 0.324 e. The molecule has 0 amide bonds.